The molecule has 0 amide bonds. The van der Waals surface area contributed by atoms with Gasteiger partial charge in [0.1, 0.15) is 0 Å². The van der Waals surface area contributed by atoms with E-state index in [0.717, 1.165) is 5.57 Å². The zero-order chi connectivity index (χ0) is 7.72. The van der Waals surface area contributed by atoms with E-state index in [1.54, 1.807) is 6.08 Å². The van der Waals surface area contributed by atoms with Crippen LogP contribution in [0.4, 0.5) is 0 Å². The van der Waals surface area contributed by atoms with Gasteiger partial charge in [0, 0.05) is 0 Å². The fourth-order valence-electron chi connectivity index (χ4n) is 1.22. The Morgan fingerprint density at radius 1 is 1.50 bits per heavy atom. The fourth-order valence-corrected chi connectivity index (χ4v) is 1.22. The van der Waals surface area contributed by atoms with Gasteiger partial charge in [0.15, 0.2) is 0 Å². The lowest BCUT2D eigenvalue weighted by Gasteiger charge is -2.26. The first-order valence-corrected chi connectivity index (χ1v) is 3.65. The van der Waals surface area contributed by atoms with Crippen molar-refractivity contribution >= 4 is 0 Å². The highest BCUT2D eigenvalue weighted by molar-refractivity contribution is 5.12. The van der Waals surface area contributed by atoms with Crippen molar-refractivity contribution < 1.29 is 10.2 Å². The molecule has 2 heteroatoms. The van der Waals surface area contributed by atoms with Gasteiger partial charge in [0.25, 0.3) is 0 Å². The zero-order valence-corrected chi connectivity index (χ0v) is 6.41. The SMILES string of the molecule is CC1=CC(O)C(C)CC1O. The van der Waals surface area contributed by atoms with Gasteiger partial charge >= 0.3 is 0 Å². The molecule has 0 saturated heterocycles. The molecule has 0 bridgehead atoms. The fraction of sp³-hybridized carbons (Fsp3) is 0.750. The molecular formula is C8H14O2. The lowest BCUT2D eigenvalue weighted by molar-refractivity contribution is 0.0925. The van der Waals surface area contributed by atoms with Crippen LogP contribution in [-0.2, 0) is 0 Å². The predicted octanol–water partition coefficient (Wildman–Crippen LogP) is 0.694. The van der Waals surface area contributed by atoms with E-state index in [2.05, 4.69) is 0 Å². The summed E-state index contributed by atoms with van der Waals surface area (Å²) in [7, 11) is 0. The molecule has 0 spiro atoms. The second-order valence-electron chi connectivity index (χ2n) is 3.13. The van der Waals surface area contributed by atoms with Crippen LogP contribution in [0.5, 0.6) is 0 Å². The molecule has 2 N–H and O–H groups in total. The first-order chi connectivity index (χ1) is 4.61. The van der Waals surface area contributed by atoms with Crippen LogP contribution in [0.2, 0.25) is 0 Å². The van der Waals surface area contributed by atoms with E-state index in [1.165, 1.54) is 0 Å². The minimum Gasteiger partial charge on any atom is -0.389 e. The van der Waals surface area contributed by atoms with E-state index in [9.17, 15) is 10.2 Å². The van der Waals surface area contributed by atoms with Crippen LogP contribution >= 0.6 is 0 Å². The molecule has 0 radical (unpaired) electrons. The summed E-state index contributed by atoms with van der Waals surface area (Å²) in [5, 5.41) is 18.6. The molecule has 0 heterocycles. The van der Waals surface area contributed by atoms with Gasteiger partial charge in [0.05, 0.1) is 12.2 Å². The molecule has 0 aliphatic heterocycles. The third-order valence-corrected chi connectivity index (χ3v) is 2.14. The minimum absolute atomic E-state index is 0.193. The van der Waals surface area contributed by atoms with Crippen molar-refractivity contribution in [1.82, 2.24) is 0 Å². The largest absolute Gasteiger partial charge is 0.389 e. The van der Waals surface area contributed by atoms with Crippen LogP contribution < -0.4 is 0 Å². The number of hydrogen-bond donors (Lipinski definition) is 2. The summed E-state index contributed by atoms with van der Waals surface area (Å²) in [5.74, 6) is 0.193. The molecule has 1 rings (SSSR count). The molecule has 0 aromatic carbocycles. The van der Waals surface area contributed by atoms with Crippen LogP contribution in [0, 0.1) is 5.92 Å². The minimum atomic E-state index is -0.358. The van der Waals surface area contributed by atoms with E-state index in [-0.39, 0.29) is 18.1 Å². The highest BCUT2D eigenvalue weighted by Gasteiger charge is 2.22. The lowest BCUT2D eigenvalue weighted by Crippen LogP contribution is -2.27. The topological polar surface area (TPSA) is 40.5 Å². The maximum absolute atomic E-state index is 9.29. The van der Waals surface area contributed by atoms with Crippen LogP contribution in [0.15, 0.2) is 11.6 Å². The van der Waals surface area contributed by atoms with Gasteiger partial charge < -0.3 is 10.2 Å². The van der Waals surface area contributed by atoms with Crippen LogP contribution in [0.3, 0.4) is 0 Å². The number of rotatable bonds is 0. The van der Waals surface area contributed by atoms with Crippen LogP contribution in [-0.4, -0.2) is 22.4 Å². The zero-order valence-electron chi connectivity index (χ0n) is 6.41. The Kier molecular flexibility index (Phi) is 2.11. The quantitative estimate of drug-likeness (QED) is 0.489. The van der Waals surface area contributed by atoms with E-state index in [0.29, 0.717) is 6.42 Å². The molecule has 3 unspecified atom stereocenters. The van der Waals surface area contributed by atoms with Gasteiger partial charge in [-0.1, -0.05) is 13.0 Å². The predicted molar refractivity (Wildman–Crippen MR) is 39.6 cm³/mol. The Labute approximate surface area is 61.2 Å². The van der Waals surface area contributed by atoms with E-state index >= 15 is 0 Å². The number of aliphatic hydroxyl groups is 2. The molecule has 1 aliphatic carbocycles. The van der Waals surface area contributed by atoms with Gasteiger partial charge in [0.2, 0.25) is 0 Å². The Morgan fingerprint density at radius 3 is 2.60 bits per heavy atom. The standard InChI is InChI=1S/C8H14O2/c1-5-3-8(10)6(2)4-7(5)9/h3,6-10H,4H2,1-2H3. The monoisotopic (exact) mass is 142 g/mol. The summed E-state index contributed by atoms with van der Waals surface area (Å²) in [6, 6.07) is 0. The van der Waals surface area contributed by atoms with Crippen molar-refractivity contribution in [3.05, 3.63) is 11.6 Å². The molecule has 2 nitrogen and oxygen atoms in total. The summed E-state index contributed by atoms with van der Waals surface area (Å²) in [6.45, 7) is 3.79. The summed E-state index contributed by atoms with van der Waals surface area (Å²) in [6.07, 6.45) is 1.73. The normalized spacial score (nSPS) is 41.2. The first kappa shape index (κ1) is 7.76. The van der Waals surface area contributed by atoms with Crippen molar-refractivity contribution in [1.29, 1.82) is 0 Å². The molecule has 0 fully saturated rings. The number of aliphatic hydroxyl groups excluding tert-OH is 2. The average Bonchev–Trinajstić information content (AvgIpc) is 1.84. The molecule has 0 aromatic heterocycles. The van der Waals surface area contributed by atoms with Gasteiger partial charge in [-0.05, 0) is 24.8 Å². The van der Waals surface area contributed by atoms with E-state index in [1.807, 2.05) is 13.8 Å². The highest BCUT2D eigenvalue weighted by atomic mass is 16.3. The third kappa shape index (κ3) is 1.39. The van der Waals surface area contributed by atoms with Gasteiger partial charge in [-0.25, -0.2) is 0 Å². The Hall–Kier alpha value is -0.340. The summed E-state index contributed by atoms with van der Waals surface area (Å²) >= 11 is 0. The van der Waals surface area contributed by atoms with E-state index in [4.69, 9.17) is 0 Å². The summed E-state index contributed by atoms with van der Waals surface area (Å²) in [5.41, 5.74) is 0.894. The van der Waals surface area contributed by atoms with E-state index < -0.39 is 0 Å². The third-order valence-electron chi connectivity index (χ3n) is 2.14. The van der Waals surface area contributed by atoms with Gasteiger partial charge in [-0.2, -0.15) is 0 Å². The maximum Gasteiger partial charge on any atom is 0.0752 e. The second-order valence-corrected chi connectivity index (χ2v) is 3.13. The summed E-state index contributed by atoms with van der Waals surface area (Å²) < 4.78 is 0. The smallest absolute Gasteiger partial charge is 0.0752 e. The molecule has 1 aliphatic rings. The van der Waals surface area contributed by atoms with Crippen molar-refractivity contribution in [3.63, 3.8) is 0 Å². The van der Waals surface area contributed by atoms with Crippen molar-refractivity contribution in [2.24, 2.45) is 5.92 Å². The highest BCUT2D eigenvalue weighted by Crippen LogP contribution is 2.23. The van der Waals surface area contributed by atoms with Crippen LogP contribution in [0.1, 0.15) is 20.3 Å². The molecule has 10 heavy (non-hydrogen) atoms. The molecule has 3 atom stereocenters. The second kappa shape index (κ2) is 2.72. The van der Waals surface area contributed by atoms with Crippen molar-refractivity contribution in [3.8, 4) is 0 Å². The van der Waals surface area contributed by atoms with Gasteiger partial charge in [-0.15, -0.1) is 0 Å². The first-order valence-electron chi connectivity index (χ1n) is 3.65. The van der Waals surface area contributed by atoms with Crippen LogP contribution in [0.25, 0.3) is 0 Å². The molecule has 58 valence electrons. The van der Waals surface area contributed by atoms with Crippen molar-refractivity contribution in [2.75, 3.05) is 0 Å². The molecule has 0 aromatic rings. The summed E-state index contributed by atoms with van der Waals surface area (Å²) in [4.78, 5) is 0. The molecular weight excluding hydrogens is 128 g/mol. The molecule has 0 saturated carbocycles. The maximum atomic E-state index is 9.29. The number of hydrogen-bond acceptors (Lipinski definition) is 2. The van der Waals surface area contributed by atoms with Gasteiger partial charge in [-0.3, -0.25) is 0 Å². The Morgan fingerprint density at radius 2 is 2.10 bits per heavy atom. The Bertz CT molecular complexity index is 151. The van der Waals surface area contributed by atoms with Crippen molar-refractivity contribution in [2.45, 2.75) is 32.5 Å². The average molecular weight is 142 g/mol. The lowest BCUT2D eigenvalue weighted by atomic mass is 9.87. The Balaban J connectivity index is 2.69.